The molecular weight excluding hydrogens is 735 g/mol. The summed E-state index contributed by atoms with van der Waals surface area (Å²) in [5, 5.41) is 0. The Morgan fingerprint density at radius 3 is 1.87 bits per heavy atom. The van der Waals surface area contributed by atoms with E-state index in [1.807, 2.05) is 0 Å². The number of allylic oxidation sites excluding steroid dienone is 5. The summed E-state index contributed by atoms with van der Waals surface area (Å²) in [5.74, 6) is 0. The minimum atomic E-state index is -0.394. The van der Waals surface area contributed by atoms with E-state index < -0.39 is 5.41 Å². The van der Waals surface area contributed by atoms with Crippen LogP contribution in [0.4, 0.5) is 17.1 Å². The molecule has 7 aromatic carbocycles. The van der Waals surface area contributed by atoms with Gasteiger partial charge in [0.05, 0.1) is 5.41 Å². The van der Waals surface area contributed by atoms with Crippen LogP contribution < -0.4 is 4.90 Å². The van der Waals surface area contributed by atoms with Gasteiger partial charge in [0.1, 0.15) is 0 Å². The normalized spacial score (nSPS) is 16.7. The third kappa shape index (κ3) is 5.88. The molecule has 0 heterocycles. The number of para-hydroxylation sites is 1. The molecule has 0 amide bonds. The summed E-state index contributed by atoms with van der Waals surface area (Å²) >= 11 is 0. The lowest BCUT2D eigenvalue weighted by Crippen LogP contribution is -2.28. The van der Waals surface area contributed by atoms with E-state index in [0.29, 0.717) is 0 Å². The average molecular weight is 788 g/mol. The number of anilines is 3. The number of hydrogen-bond acceptors (Lipinski definition) is 1. The van der Waals surface area contributed by atoms with Gasteiger partial charge in [-0.05, 0) is 166 Å². The summed E-state index contributed by atoms with van der Waals surface area (Å²) in [5.41, 5.74) is 23.0. The average Bonchev–Trinajstić information content (AvgIpc) is 3.79. The summed E-state index contributed by atoms with van der Waals surface area (Å²) < 4.78 is 0. The monoisotopic (exact) mass is 787 g/mol. The molecule has 0 saturated heterocycles. The van der Waals surface area contributed by atoms with Crippen molar-refractivity contribution in [2.24, 2.45) is 0 Å². The number of nitrogens with zero attached hydrogens (tertiary/aromatic N) is 1. The number of benzene rings is 7. The minimum Gasteiger partial charge on any atom is -0.310 e. The fourth-order valence-corrected chi connectivity index (χ4v) is 11.8. The maximum Gasteiger partial charge on any atom is 0.0713 e. The van der Waals surface area contributed by atoms with Gasteiger partial charge in [-0.15, -0.1) is 0 Å². The van der Waals surface area contributed by atoms with Crippen LogP contribution in [0.2, 0.25) is 0 Å². The molecule has 1 nitrogen and oxygen atoms in total. The van der Waals surface area contributed by atoms with Crippen LogP contribution in [0.25, 0.3) is 22.8 Å². The van der Waals surface area contributed by atoms with Gasteiger partial charge in [-0.25, -0.2) is 0 Å². The molecule has 0 radical (unpaired) electrons. The molecule has 7 aromatic rings. The molecule has 0 bridgehead atoms. The van der Waals surface area contributed by atoms with Crippen molar-refractivity contribution >= 4 is 28.7 Å². The van der Waals surface area contributed by atoms with Crippen molar-refractivity contribution in [3.8, 4) is 11.1 Å². The van der Waals surface area contributed by atoms with Crippen molar-refractivity contribution in [3.05, 3.63) is 243 Å². The highest BCUT2D eigenvalue weighted by atomic mass is 15.1. The van der Waals surface area contributed by atoms with Gasteiger partial charge in [0, 0.05) is 22.5 Å². The molecule has 0 aliphatic heterocycles. The summed E-state index contributed by atoms with van der Waals surface area (Å²) in [6.45, 7) is 4.81. The van der Waals surface area contributed by atoms with E-state index in [0.717, 1.165) is 25.7 Å². The molecule has 11 rings (SSSR count). The molecule has 4 aliphatic rings. The molecule has 0 spiro atoms. The second-order valence-electron chi connectivity index (χ2n) is 17.6. The quantitative estimate of drug-likeness (QED) is 0.141. The van der Waals surface area contributed by atoms with Crippen LogP contribution in [0.3, 0.4) is 0 Å². The topological polar surface area (TPSA) is 3.24 Å². The smallest absolute Gasteiger partial charge is 0.0713 e. The van der Waals surface area contributed by atoms with Crippen molar-refractivity contribution < 1.29 is 0 Å². The third-order valence-corrected chi connectivity index (χ3v) is 14.7. The number of hydrogen-bond donors (Lipinski definition) is 0. The summed E-state index contributed by atoms with van der Waals surface area (Å²) in [7, 11) is 0. The largest absolute Gasteiger partial charge is 0.310 e. The third-order valence-electron chi connectivity index (χ3n) is 14.7. The minimum absolute atomic E-state index is 0.0314. The van der Waals surface area contributed by atoms with Gasteiger partial charge in [0.25, 0.3) is 0 Å². The standard InChI is InChI=1S/C60H53N/c1-3-59(4-2)56-39-42(31-33-44-21-18-30-55-58(44)53-28-16-17-29-54(53)60(55,46-22-8-5-9-23-46)47-24-10-6-11-25-47)32-37-51(56)52-38-36-50(41-57(52)59)61(48-26-12-7-13-27-48)49-35-34-43-19-14-15-20-45(43)40-49/h5-13,16-18,21-31,33-36,38-41H,3-4,14-15,19-20,32,37H2,1-2H3/b33-31+. The zero-order chi connectivity index (χ0) is 41.0. The Morgan fingerprint density at radius 2 is 1.13 bits per heavy atom. The fourth-order valence-electron chi connectivity index (χ4n) is 11.8. The predicted octanol–water partition coefficient (Wildman–Crippen LogP) is 15.7. The summed E-state index contributed by atoms with van der Waals surface area (Å²) in [6, 6.07) is 63.9. The van der Waals surface area contributed by atoms with Crippen LogP contribution >= 0.6 is 0 Å². The first-order valence-electron chi connectivity index (χ1n) is 22.7. The molecule has 298 valence electrons. The first kappa shape index (κ1) is 37.6. The molecule has 0 unspecified atom stereocenters. The second kappa shape index (κ2) is 15.2. The van der Waals surface area contributed by atoms with E-state index in [1.54, 1.807) is 5.57 Å². The first-order chi connectivity index (χ1) is 30.1. The Kier molecular flexibility index (Phi) is 9.38. The Hall–Kier alpha value is -6.44. The lowest BCUT2D eigenvalue weighted by atomic mass is 9.67. The van der Waals surface area contributed by atoms with E-state index in [1.165, 1.54) is 115 Å². The first-order valence-corrected chi connectivity index (χ1v) is 22.7. The Labute approximate surface area is 362 Å². The zero-order valence-corrected chi connectivity index (χ0v) is 35.5. The lowest BCUT2D eigenvalue weighted by Gasteiger charge is -2.34. The number of rotatable bonds is 9. The molecular formula is C60H53N. The van der Waals surface area contributed by atoms with Gasteiger partial charge in [-0.3, -0.25) is 0 Å². The number of fused-ring (bicyclic) bond motifs is 6. The zero-order valence-electron chi connectivity index (χ0n) is 35.5. The summed E-state index contributed by atoms with van der Waals surface area (Å²) in [4.78, 5) is 2.49. The molecule has 1 heteroatoms. The SMILES string of the molecule is CCC1(CC)C2=C(CCC(/C=C/c3cccc4c3-c3ccccc3C4(c3ccccc3)c3ccccc3)=C2)c2ccc(N(c3ccccc3)c3ccc4c(c3)CCCC4)cc21. The Bertz CT molecular complexity index is 2830. The Balaban J connectivity index is 0.986. The van der Waals surface area contributed by atoms with Crippen molar-refractivity contribution in [2.45, 2.75) is 76.0 Å². The van der Waals surface area contributed by atoms with Crippen molar-refractivity contribution in [3.63, 3.8) is 0 Å². The van der Waals surface area contributed by atoms with Gasteiger partial charge in [-0.2, -0.15) is 0 Å². The van der Waals surface area contributed by atoms with E-state index in [2.05, 4.69) is 207 Å². The highest BCUT2D eigenvalue weighted by molar-refractivity contribution is 5.92. The van der Waals surface area contributed by atoms with Gasteiger partial charge in [-0.1, -0.05) is 166 Å². The second-order valence-corrected chi connectivity index (χ2v) is 17.6. The molecule has 4 aliphatic carbocycles. The van der Waals surface area contributed by atoms with Gasteiger partial charge in [0.15, 0.2) is 0 Å². The fraction of sp³-hybridized carbons (Fsp3) is 0.200. The highest BCUT2D eigenvalue weighted by Crippen LogP contribution is 2.58. The van der Waals surface area contributed by atoms with E-state index >= 15 is 0 Å². The highest BCUT2D eigenvalue weighted by Gasteiger charge is 2.47. The molecule has 0 saturated carbocycles. The van der Waals surface area contributed by atoms with Crippen LogP contribution in [-0.2, 0) is 23.7 Å². The maximum absolute atomic E-state index is 2.58. The van der Waals surface area contributed by atoms with Crippen LogP contribution in [0, 0.1) is 0 Å². The van der Waals surface area contributed by atoms with E-state index in [9.17, 15) is 0 Å². The van der Waals surface area contributed by atoms with Crippen molar-refractivity contribution in [1.82, 2.24) is 0 Å². The van der Waals surface area contributed by atoms with Crippen LogP contribution in [0.5, 0.6) is 0 Å². The predicted molar refractivity (Wildman–Crippen MR) is 257 cm³/mol. The summed E-state index contributed by atoms with van der Waals surface area (Å²) in [6.07, 6.45) is 16.6. The van der Waals surface area contributed by atoms with Crippen molar-refractivity contribution in [2.75, 3.05) is 4.90 Å². The van der Waals surface area contributed by atoms with Gasteiger partial charge in [0.2, 0.25) is 0 Å². The lowest BCUT2D eigenvalue weighted by molar-refractivity contribution is 0.485. The van der Waals surface area contributed by atoms with Gasteiger partial charge < -0.3 is 4.90 Å². The molecule has 0 fully saturated rings. The van der Waals surface area contributed by atoms with E-state index in [4.69, 9.17) is 0 Å². The van der Waals surface area contributed by atoms with Crippen LogP contribution in [0.15, 0.2) is 193 Å². The van der Waals surface area contributed by atoms with E-state index in [-0.39, 0.29) is 5.41 Å². The molecule has 0 aromatic heterocycles. The molecule has 0 N–H and O–H groups in total. The maximum atomic E-state index is 2.58. The van der Waals surface area contributed by atoms with Crippen LogP contribution in [-0.4, -0.2) is 0 Å². The van der Waals surface area contributed by atoms with Crippen LogP contribution in [0.1, 0.15) is 102 Å². The molecule has 61 heavy (non-hydrogen) atoms. The number of aryl methyl sites for hydroxylation is 2. The van der Waals surface area contributed by atoms with Crippen molar-refractivity contribution in [1.29, 1.82) is 0 Å². The van der Waals surface area contributed by atoms with Gasteiger partial charge >= 0.3 is 0 Å². The molecule has 0 atom stereocenters. The Morgan fingerprint density at radius 1 is 0.492 bits per heavy atom.